The molecule has 0 aliphatic carbocycles. The summed E-state index contributed by atoms with van der Waals surface area (Å²) >= 11 is 17.9. The average molecular weight is 289 g/mol. The molecule has 0 amide bonds. The van der Waals surface area contributed by atoms with Gasteiger partial charge in [0.05, 0.1) is 15.7 Å². The fraction of sp³-hybridized carbons (Fsp3) is 0.0833. The van der Waals surface area contributed by atoms with Gasteiger partial charge in [-0.1, -0.05) is 34.8 Å². The molecule has 0 fully saturated rings. The van der Waals surface area contributed by atoms with Gasteiger partial charge in [0, 0.05) is 28.4 Å². The average Bonchev–Trinajstić information content (AvgIpc) is 2.22. The van der Waals surface area contributed by atoms with Crippen LogP contribution in [0.25, 0.3) is 11.3 Å². The van der Waals surface area contributed by atoms with E-state index in [0.717, 1.165) is 5.69 Å². The number of aromatic nitrogens is 1. The third-order valence-corrected chi connectivity index (χ3v) is 3.28. The zero-order chi connectivity index (χ0) is 12.6. The molecule has 2 nitrogen and oxygen atoms in total. The Morgan fingerprint density at radius 1 is 1.06 bits per heavy atom. The molecule has 1 heterocycles. The topological polar surface area (TPSA) is 32.9 Å². The second-order valence-corrected chi connectivity index (χ2v) is 4.88. The summed E-state index contributed by atoms with van der Waals surface area (Å²) in [5.41, 5.74) is 1.87. The number of nitrogens with one attached hydrogen (secondary N) is 1. The van der Waals surface area contributed by atoms with Gasteiger partial charge >= 0.3 is 0 Å². The predicted octanol–water partition coefficient (Wildman–Crippen LogP) is 4.31. The van der Waals surface area contributed by atoms with Crippen molar-refractivity contribution in [3.05, 3.63) is 55.3 Å². The predicted molar refractivity (Wildman–Crippen MR) is 72.3 cm³/mol. The Hall–Kier alpha value is -0.960. The highest BCUT2D eigenvalue weighted by molar-refractivity contribution is 6.45. The Morgan fingerprint density at radius 3 is 2.41 bits per heavy atom. The normalized spacial score (nSPS) is 10.6. The van der Waals surface area contributed by atoms with E-state index in [1.165, 1.54) is 12.1 Å². The first kappa shape index (κ1) is 12.5. The Kier molecular flexibility index (Phi) is 3.48. The van der Waals surface area contributed by atoms with Crippen molar-refractivity contribution in [1.29, 1.82) is 0 Å². The number of aromatic amines is 1. The Bertz CT molecular complexity index is 634. The molecule has 1 aromatic heterocycles. The number of hydrogen-bond acceptors (Lipinski definition) is 1. The van der Waals surface area contributed by atoms with Crippen LogP contribution in [-0.2, 0) is 0 Å². The molecule has 17 heavy (non-hydrogen) atoms. The number of aryl methyl sites for hydroxylation is 1. The highest BCUT2D eigenvalue weighted by Crippen LogP contribution is 2.35. The van der Waals surface area contributed by atoms with Crippen molar-refractivity contribution in [3.63, 3.8) is 0 Å². The molecule has 0 aliphatic heterocycles. The minimum atomic E-state index is -0.0941. The molecule has 1 aromatic carbocycles. The molecule has 0 spiro atoms. The molecule has 1 N–H and O–H groups in total. The zero-order valence-electron chi connectivity index (χ0n) is 8.85. The minimum absolute atomic E-state index is 0.0941. The molecule has 0 bridgehead atoms. The van der Waals surface area contributed by atoms with Gasteiger partial charge in [-0.15, -0.1) is 0 Å². The third-order valence-electron chi connectivity index (χ3n) is 2.26. The monoisotopic (exact) mass is 287 g/mol. The molecule has 0 unspecified atom stereocenters. The summed E-state index contributed by atoms with van der Waals surface area (Å²) in [6, 6.07) is 6.19. The van der Waals surface area contributed by atoms with Crippen LogP contribution in [0.2, 0.25) is 15.1 Å². The van der Waals surface area contributed by atoms with Gasteiger partial charge in [0.2, 0.25) is 0 Å². The van der Waals surface area contributed by atoms with Gasteiger partial charge in [0.1, 0.15) is 0 Å². The molecule has 0 radical (unpaired) electrons. The Balaban J connectivity index is 2.72. The van der Waals surface area contributed by atoms with Gasteiger partial charge in [0.15, 0.2) is 5.43 Å². The summed E-state index contributed by atoms with van der Waals surface area (Å²) in [4.78, 5) is 14.5. The zero-order valence-corrected chi connectivity index (χ0v) is 11.1. The lowest BCUT2D eigenvalue weighted by Crippen LogP contribution is -2.01. The van der Waals surface area contributed by atoms with Crippen molar-refractivity contribution in [1.82, 2.24) is 4.98 Å². The van der Waals surface area contributed by atoms with Crippen molar-refractivity contribution in [2.45, 2.75) is 6.92 Å². The lowest BCUT2D eigenvalue weighted by molar-refractivity contribution is 1.19. The summed E-state index contributed by atoms with van der Waals surface area (Å²) < 4.78 is 0. The maximum absolute atomic E-state index is 11.4. The van der Waals surface area contributed by atoms with Gasteiger partial charge in [-0.25, -0.2) is 0 Å². The van der Waals surface area contributed by atoms with Crippen molar-refractivity contribution < 1.29 is 0 Å². The van der Waals surface area contributed by atoms with Crippen LogP contribution in [0.15, 0.2) is 29.1 Å². The van der Waals surface area contributed by atoms with Gasteiger partial charge in [-0.05, 0) is 19.1 Å². The van der Waals surface area contributed by atoms with E-state index in [9.17, 15) is 4.79 Å². The van der Waals surface area contributed by atoms with Crippen LogP contribution >= 0.6 is 34.8 Å². The van der Waals surface area contributed by atoms with Crippen LogP contribution in [0.3, 0.4) is 0 Å². The summed E-state index contributed by atoms with van der Waals surface area (Å²) in [5, 5.41) is 1.20. The standard InChI is InChI=1S/C12H8Cl3NO/c1-6-2-8(17)5-11(16-6)9-3-7(13)4-10(14)12(9)15/h2-5H,1H3,(H,16,17). The molecular weight excluding hydrogens is 280 g/mol. The van der Waals surface area contributed by atoms with Crippen molar-refractivity contribution in [2.24, 2.45) is 0 Å². The molecule has 0 saturated carbocycles. The van der Waals surface area contributed by atoms with Gasteiger partial charge < -0.3 is 4.98 Å². The second-order valence-electron chi connectivity index (χ2n) is 3.66. The lowest BCUT2D eigenvalue weighted by Gasteiger charge is -2.08. The third kappa shape index (κ3) is 2.65. The van der Waals surface area contributed by atoms with E-state index in [2.05, 4.69) is 4.98 Å². The Morgan fingerprint density at radius 2 is 1.76 bits per heavy atom. The van der Waals surface area contributed by atoms with Crippen molar-refractivity contribution in [3.8, 4) is 11.3 Å². The minimum Gasteiger partial charge on any atom is -0.358 e. The second kappa shape index (κ2) is 4.73. The summed E-state index contributed by atoms with van der Waals surface area (Å²) in [6.45, 7) is 1.80. The first-order valence-electron chi connectivity index (χ1n) is 4.83. The largest absolute Gasteiger partial charge is 0.358 e. The van der Waals surface area contributed by atoms with Gasteiger partial charge in [-0.2, -0.15) is 0 Å². The fourth-order valence-corrected chi connectivity index (χ4v) is 2.28. The maximum Gasteiger partial charge on any atom is 0.182 e. The van der Waals surface area contributed by atoms with Crippen LogP contribution in [0.4, 0.5) is 0 Å². The van der Waals surface area contributed by atoms with Crippen LogP contribution < -0.4 is 5.43 Å². The Labute approximate surface area is 113 Å². The number of rotatable bonds is 1. The molecule has 0 aliphatic rings. The van der Waals surface area contributed by atoms with Crippen LogP contribution in [0.1, 0.15) is 5.69 Å². The molecule has 88 valence electrons. The van der Waals surface area contributed by atoms with E-state index >= 15 is 0 Å². The lowest BCUT2D eigenvalue weighted by atomic mass is 10.1. The molecule has 2 aromatic rings. The number of benzene rings is 1. The van der Waals surface area contributed by atoms with E-state index in [-0.39, 0.29) is 5.43 Å². The molecule has 0 saturated heterocycles. The van der Waals surface area contributed by atoms with E-state index in [1.807, 2.05) is 0 Å². The summed E-state index contributed by atoms with van der Waals surface area (Å²) in [6.07, 6.45) is 0. The fourth-order valence-electron chi connectivity index (χ4n) is 1.58. The van der Waals surface area contributed by atoms with Crippen molar-refractivity contribution in [2.75, 3.05) is 0 Å². The van der Waals surface area contributed by atoms with E-state index < -0.39 is 0 Å². The number of hydrogen-bond donors (Lipinski definition) is 1. The highest BCUT2D eigenvalue weighted by atomic mass is 35.5. The number of halogens is 3. The molecule has 0 atom stereocenters. The first-order chi connectivity index (χ1) is 7.97. The first-order valence-corrected chi connectivity index (χ1v) is 5.96. The molecule has 2 rings (SSSR count). The van der Waals surface area contributed by atoms with E-state index in [0.29, 0.717) is 26.3 Å². The summed E-state index contributed by atoms with van der Waals surface area (Å²) in [7, 11) is 0. The SMILES string of the molecule is Cc1cc(=O)cc(-c2cc(Cl)cc(Cl)c2Cl)[nH]1. The number of pyridine rings is 1. The van der Waals surface area contributed by atoms with Crippen LogP contribution in [-0.4, -0.2) is 4.98 Å². The smallest absolute Gasteiger partial charge is 0.182 e. The van der Waals surface area contributed by atoms with Crippen LogP contribution in [0.5, 0.6) is 0 Å². The molecule has 5 heteroatoms. The van der Waals surface area contributed by atoms with E-state index in [4.69, 9.17) is 34.8 Å². The van der Waals surface area contributed by atoms with Crippen LogP contribution in [0, 0.1) is 6.92 Å². The van der Waals surface area contributed by atoms with E-state index in [1.54, 1.807) is 19.1 Å². The highest BCUT2D eigenvalue weighted by Gasteiger charge is 2.10. The summed E-state index contributed by atoms with van der Waals surface area (Å²) in [5.74, 6) is 0. The quantitative estimate of drug-likeness (QED) is 0.779. The maximum atomic E-state index is 11.4. The van der Waals surface area contributed by atoms with Crippen molar-refractivity contribution >= 4 is 34.8 Å². The van der Waals surface area contributed by atoms with Gasteiger partial charge in [-0.3, -0.25) is 4.79 Å². The van der Waals surface area contributed by atoms with Gasteiger partial charge in [0.25, 0.3) is 0 Å². The molecular formula is C12H8Cl3NO. The number of H-pyrrole nitrogens is 1.